The van der Waals surface area contributed by atoms with E-state index in [2.05, 4.69) is 24.1 Å². The van der Waals surface area contributed by atoms with Crippen molar-refractivity contribution in [1.82, 2.24) is 10.2 Å². The van der Waals surface area contributed by atoms with Crippen LogP contribution >= 0.6 is 0 Å². The summed E-state index contributed by atoms with van der Waals surface area (Å²) in [6, 6.07) is 0.845. The van der Waals surface area contributed by atoms with Crippen LogP contribution in [0.15, 0.2) is 0 Å². The molecule has 0 aromatic carbocycles. The van der Waals surface area contributed by atoms with Crippen molar-refractivity contribution in [2.75, 3.05) is 19.7 Å². The molecule has 98 valence electrons. The molecule has 2 saturated heterocycles. The number of carbonyl (C=O) groups is 1. The maximum absolute atomic E-state index is 11.7. The first kappa shape index (κ1) is 12.8. The van der Waals surface area contributed by atoms with Gasteiger partial charge in [-0.25, -0.2) is 0 Å². The third-order valence-electron chi connectivity index (χ3n) is 3.66. The van der Waals surface area contributed by atoms with Gasteiger partial charge in [0.2, 0.25) is 5.91 Å². The van der Waals surface area contributed by atoms with Crippen LogP contribution in [0.2, 0.25) is 0 Å². The molecule has 0 aromatic heterocycles. The highest BCUT2D eigenvalue weighted by Gasteiger charge is 2.41. The number of rotatable bonds is 6. The lowest BCUT2D eigenvalue weighted by Crippen LogP contribution is -2.40. The van der Waals surface area contributed by atoms with Gasteiger partial charge < -0.3 is 15.0 Å². The van der Waals surface area contributed by atoms with Crippen LogP contribution in [0.4, 0.5) is 0 Å². The van der Waals surface area contributed by atoms with Gasteiger partial charge in [-0.05, 0) is 39.7 Å². The quantitative estimate of drug-likeness (QED) is 0.708. The lowest BCUT2D eigenvalue weighted by atomic mass is 10.1. The number of carbonyl (C=O) groups excluding carboxylic acids is 1. The topological polar surface area (TPSA) is 41.6 Å². The molecule has 1 N–H and O–H groups in total. The fourth-order valence-corrected chi connectivity index (χ4v) is 2.85. The average Bonchev–Trinajstić information content (AvgIpc) is 2.83. The van der Waals surface area contributed by atoms with E-state index < -0.39 is 0 Å². The zero-order valence-corrected chi connectivity index (χ0v) is 10.9. The number of nitrogens with one attached hydrogen (secondary N) is 1. The SMILES string of the molecule is CC(C)OCCCNC1CC(=O)N2CCCC12. The first-order chi connectivity index (χ1) is 8.18. The number of fused-ring (bicyclic) bond motifs is 1. The Balaban J connectivity index is 1.64. The van der Waals surface area contributed by atoms with Crippen molar-refractivity contribution < 1.29 is 9.53 Å². The first-order valence-corrected chi connectivity index (χ1v) is 6.83. The van der Waals surface area contributed by atoms with Gasteiger partial charge in [0.1, 0.15) is 0 Å². The van der Waals surface area contributed by atoms with Crippen molar-refractivity contribution in [1.29, 1.82) is 0 Å². The fourth-order valence-electron chi connectivity index (χ4n) is 2.85. The molecule has 0 saturated carbocycles. The van der Waals surface area contributed by atoms with Gasteiger partial charge in [-0.15, -0.1) is 0 Å². The Morgan fingerprint density at radius 1 is 1.53 bits per heavy atom. The summed E-state index contributed by atoms with van der Waals surface area (Å²) in [5.74, 6) is 0.337. The molecule has 1 amide bonds. The molecule has 0 spiro atoms. The van der Waals surface area contributed by atoms with Gasteiger partial charge in [-0.2, -0.15) is 0 Å². The van der Waals surface area contributed by atoms with E-state index in [4.69, 9.17) is 4.74 Å². The van der Waals surface area contributed by atoms with Gasteiger partial charge in [0.05, 0.1) is 6.10 Å². The summed E-state index contributed by atoms with van der Waals surface area (Å²) in [5.41, 5.74) is 0. The third kappa shape index (κ3) is 3.19. The van der Waals surface area contributed by atoms with Crippen LogP contribution in [-0.2, 0) is 9.53 Å². The molecule has 2 aliphatic heterocycles. The Hall–Kier alpha value is -0.610. The van der Waals surface area contributed by atoms with Gasteiger partial charge in [0.15, 0.2) is 0 Å². The zero-order valence-electron chi connectivity index (χ0n) is 10.9. The first-order valence-electron chi connectivity index (χ1n) is 6.83. The summed E-state index contributed by atoms with van der Waals surface area (Å²) < 4.78 is 5.50. The standard InChI is InChI=1S/C13H24N2O2/c1-10(2)17-8-4-6-14-11-9-13(16)15-7-3-5-12(11)15/h10-12,14H,3-9H2,1-2H3. The molecule has 0 radical (unpaired) electrons. The number of amides is 1. The van der Waals surface area contributed by atoms with E-state index in [0.717, 1.165) is 26.1 Å². The maximum Gasteiger partial charge on any atom is 0.224 e. The van der Waals surface area contributed by atoms with Crippen LogP contribution in [0.5, 0.6) is 0 Å². The number of ether oxygens (including phenoxy) is 1. The molecular weight excluding hydrogens is 216 g/mol. The maximum atomic E-state index is 11.7. The summed E-state index contributed by atoms with van der Waals surface area (Å²) in [4.78, 5) is 13.8. The zero-order chi connectivity index (χ0) is 12.3. The minimum Gasteiger partial charge on any atom is -0.379 e. The summed E-state index contributed by atoms with van der Waals surface area (Å²) in [6.45, 7) is 6.84. The van der Waals surface area contributed by atoms with E-state index >= 15 is 0 Å². The van der Waals surface area contributed by atoms with Crippen LogP contribution in [0.25, 0.3) is 0 Å². The molecule has 4 nitrogen and oxygen atoms in total. The highest BCUT2D eigenvalue weighted by atomic mass is 16.5. The second kappa shape index (κ2) is 5.83. The van der Waals surface area contributed by atoms with Crippen LogP contribution in [0, 0.1) is 0 Å². The molecule has 0 aliphatic carbocycles. The highest BCUT2D eigenvalue weighted by Crippen LogP contribution is 2.28. The second-order valence-electron chi connectivity index (χ2n) is 5.33. The smallest absolute Gasteiger partial charge is 0.224 e. The summed E-state index contributed by atoms with van der Waals surface area (Å²) in [5, 5.41) is 3.51. The molecule has 2 fully saturated rings. The Labute approximate surface area is 104 Å². The molecule has 2 rings (SSSR count). The summed E-state index contributed by atoms with van der Waals surface area (Å²) in [7, 11) is 0. The Bertz CT molecular complexity index is 268. The molecule has 17 heavy (non-hydrogen) atoms. The predicted molar refractivity (Wildman–Crippen MR) is 66.8 cm³/mol. The normalized spacial score (nSPS) is 28.2. The van der Waals surface area contributed by atoms with Crippen molar-refractivity contribution in [3.8, 4) is 0 Å². The molecular formula is C13H24N2O2. The number of hydrogen-bond acceptors (Lipinski definition) is 3. The Morgan fingerprint density at radius 3 is 3.12 bits per heavy atom. The fraction of sp³-hybridized carbons (Fsp3) is 0.923. The van der Waals surface area contributed by atoms with Crippen LogP contribution in [-0.4, -0.2) is 48.7 Å². The van der Waals surface area contributed by atoms with E-state index in [1.807, 2.05) is 0 Å². The predicted octanol–water partition coefficient (Wildman–Crippen LogP) is 1.15. The average molecular weight is 240 g/mol. The highest BCUT2D eigenvalue weighted by molar-refractivity contribution is 5.80. The summed E-state index contributed by atoms with van der Waals surface area (Å²) >= 11 is 0. The van der Waals surface area contributed by atoms with Gasteiger partial charge in [-0.1, -0.05) is 0 Å². The Kier molecular flexibility index (Phi) is 4.40. The number of nitrogens with zero attached hydrogens (tertiary/aromatic N) is 1. The van der Waals surface area contributed by atoms with E-state index in [0.29, 0.717) is 30.5 Å². The van der Waals surface area contributed by atoms with E-state index in [-0.39, 0.29) is 0 Å². The van der Waals surface area contributed by atoms with Crippen molar-refractivity contribution in [3.63, 3.8) is 0 Å². The lowest BCUT2D eigenvalue weighted by molar-refractivity contribution is -0.127. The second-order valence-corrected chi connectivity index (χ2v) is 5.33. The van der Waals surface area contributed by atoms with Crippen LogP contribution in [0.1, 0.15) is 39.5 Å². The molecule has 2 aliphatic rings. The molecule has 0 aromatic rings. The van der Waals surface area contributed by atoms with Crippen molar-refractivity contribution in [2.45, 2.75) is 57.7 Å². The largest absolute Gasteiger partial charge is 0.379 e. The number of hydrogen-bond donors (Lipinski definition) is 1. The minimum absolute atomic E-state index is 0.313. The van der Waals surface area contributed by atoms with Crippen molar-refractivity contribution in [2.24, 2.45) is 0 Å². The third-order valence-corrected chi connectivity index (χ3v) is 3.66. The van der Waals surface area contributed by atoms with Crippen molar-refractivity contribution >= 4 is 5.91 Å². The van der Waals surface area contributed by atoms with Crippen LogP contribution in [0.3, 0.4) is 0 Å². The monoisotopic (exact) mass is 240 g/mol. The van der Waals surface area contributed by atoms with Gasteiger partial charge in [-0.3, -0.25) is 4.79 Å². The van der Waals surface area contributed by atoms with E-state index in [9.17, 15) is 4.79 Å². The molecule has 2 heterocycles. The minimum atomic E-state index is 0.313. The van der Waals surface area contributed by atoms with E-state index in [1.54, 1.807) is 0 Å². The molecule has 4 heteroatoms. The van der Waals surface area contributed by atoms with Gasteiger partial charge in [0.25, 0.3) is 0 Å². The summed E-state index contributed by atoms with van der Waals surface area (Å²) in [6.07, 6.45) is 4.37. The molecule has 0 bridgehead atoms. The molecule has 2 atom stereocenters. The van der Waals surface area contributed by atoms with E-state index in [1.165, 1.54) is 12.8 Å². The van der Waals surface area contributed by atoms with Gasteiger partial charge >= 0.3 is 0 Å². The van der Waals surface area contributed by atoms with Crippen molar-refractivity contribution in [3.05, 3.63) is 0 Å². The van der Waals surface area contributed by atoms with Crippen LogP contribution < -0.4 is 5.32 Å². The lowest BCUT2D eigenvalue weighted by Gasteiger charge is -2.21. The van der Waals surface area contributed by atoms with Gasteiger partial charge in [0, 0.05) is 31.7 Å². The molecule has 2 unspecified atom stereocenters. The Morgan fingerprint density at radius 2 is 2.35 bits per heavy atom.